The molecule has 0 saturated heterocycles. The van der Waals surface area contributed by atoms with Crippen LogP contribution in [0.25, 0.3) is 11.5 Å². The SMILES string of the molecule is CC(C)c1c(N)nc(-c2ccn(C)n2)[nH]c1=O. The van der Waals surface area contributed by atoms with Gasteiger partial charge in [-0.1, -0.05) is 13.8 Å². The number of nitrogens with two attached hydrogens (primary N) is 1. The van der Waals surface area contributed by atoms with Crippen molar-refractivity contribution in [1.29, 1.82) is 0 Å². The van der Waals surface area contributed by atoms with Gasteiger partial charge in [-0.3, -0.25) is 9.48 Å². The minimum Gasteiger partial charge on any atom is -0.383 e. The molecule has 0 saturated carbocycles. The Bertz CT molecular complexity index is 596. The van der Waals surface area contributed by atoms with Gasteiger partial charge in [-0.25, -0.2) is 4.98 Å². The zero-order valence-electron chi connectivity index (χ0n) is 10.1. The van der Waals surface area contributed by atoms with Crippen molar-refractivity contribution < 1.29 is 0 Å². The molecule has 6 heteroatoms. The van der Waals surface area contributed by atoms with Gasteiger partial charge in [0.25, 0.3) is 5.56 Å². The monoisotopic (exact) mass is 233 g/mol. The minimum absolute atomic E-state index is 0.0454. The van der Waals surface area contributed by atoms with Crippen LogP contribution in [0.2, 0.25) is 0 Å². The van der Waals surface area contributed by atoms with Crippen LogP contribution in [-0.2, 0) is 7.05 Å². The molecule has 0 fully saturated rings. The van der Waals surface area contributed by atoms with Crippen LogP contribution < -0.4 is 11.3 Å². The molecule has 0 aromatic carbocycles. The van der Waals surface area contributed by atoms with E-state index < -0.39 is 0 Å². The Balaban J connectivity index is 2.57. The van der Waals surface area contributed by atoms with E-state index in [1.807, 2.05) is 13.8 Å². The van der Waals surface area contributed by atoms with E-state index in [4.69, 9.17) is 5.73 Å². The Morgan fingerprint density at radius 2 is 2.18 bits per heavy atom. The lowest BCUT2D eigenvalue weighted by atomic mass is 10.1. The molecule has 6 nitrogen and oxygen atoms in total. The van der Waals surface area contributed by atoms with Crippen LogP contribution in [0.4, 0.5) is 5.82 Å². The summed E-state index contributed by atoms with van der Waals surface area (Å²) in [5, 5.41) is 4.17. The van der Waals surface area contributed by atoms with Crippen molar-refractivity contribution in [2.24, 2.45) is 7.05 Å². The lowest BCUT2D eigenvalue weighted by molar-refractivity contribution is 0.767. The second-order valence-corrected chi connectivity index (χ2v) is 4.24. The van der Waals surface area contributed by atoms with Crippen molar-refractivity contribution >= 4 is 5.82 Å². The van der Waals surface area contributed by atoms with Crippen LogP contribution in [0.3, 0.4) is 0 Å². The fourth-order valence-electron chi connectivity index (χ4n) is 1.72. The maximum Gasteiger partial charge on any atom is 0.256 e. The van der Waals surface area contributed by atoms with E-state index in [1.54, 1.807) is 24.0 Å². The highest BCUT2D eigenvalue weighted by Crippen LogP contribution is 2.18. The molecule has 0 spiro atoms. The number of H-pyrrole nitrogens is 1. The molecule has 0 aliphatic heterocycles. The number of nitrogens with one attached hydrogen (secondary N) is 1. The molecule has 2 aromatic heterocycles. The third-order valence-corrected chi connectivity index (χ3v) is 2.52. The third kappa shape index (κ3) is 2.06. The van der Waals surface area contributed by atoms with Crippen LogP contribution >= 0.6 is 0 Å². The quantitative estimate of drug-likeness (QED) is 0.805. The highest BCUT2D eigenvalue weighted by Gasteiger charge is 2.14. The molecule has 2 rings (SSSR count). The first-order chi connectivity index (χ1) is 7.99. The number of anilines is 1. The van der Waals surface area contributed by atoms with Crippen LogP contribution in [0, 0.1) is 0 Å². The fourth-order valence-corrected chi connectivity index (χ4v) is 1.72. The molecule has 90 valence electrons. The van der Waals surface area contributed by atoms with E-state index in [2.05, 4.69) is 15.1 Å². The molecule has 0 radical (unpaired) electrons. The summed E-state index contributed by atoms with van der Waals surface area (Å²) in [7, 11) is 1.80. The normalized spacial score (nSPS) is 11.1. The van der Waals surface area contributed by atoms with Crippen LogP contribution in [0.5, 0.6) is 0 Å². The molecule has 17 heavy (non-hydrogen) atoms. The smallest absolute Gasteiger partial charge is 0.256 e. The largest absolute Gasteiger partial charge is 0.383 e. The maximum atomic E-state index is 11.9. The predicted molar refractivity (Wildman–Crippen MR) is 65.6 cm³/mol. The number of hydrogen-bond acceptors (Lipinski definition) is 4. The van der Waals surface area contributed by atoms with Gasteiger partial charge in [-0.15, -0.1) is 0 Å². The topological polar surface area (TPSA) is 89.6 Å². The molecular weight excluding hydrogens is 218 g/mol. The molecular formula is C11H15N5O. The standard InChI is InChI=1S/C11H15N5O/c1-6(2)8-9(12)13-10(14-11(8)17)7-4-5-16(3)15-7/h4-6H,1-3H3,(H3,12,13,14,17). The van der Waals surface area contributed by atoms with E-state index in [0.717, 1.165) is 0 Å². The number of rotatable bonds is 2. The van der Waals surface area contributed by atoms with Gasteiger partial charge in [0.05, 0.1) is 5.56 Å². The first-order valence-corrected chi connectivity index (χ1v) is 5.38. The van der Waals surface area contributed by atoms with Gasteiger partial charge in [-0.05, 0) is 12.0 Å². The Labute approximate surface area is 98.5 Å². The summed E-state index contributed by atoms with van der Waals surface area (Å²) in [4.78, 5) is 18.8. The van der Waals surface area contributed by atoms with Crippen LogP contribution in [0.1, 0.15) is 25.3 Å². The second-order valence-electron chi connectivity index (χ2n) is 4.24. The number of nitrogen functional groups attached to an aromatic ring is 1. The van der Waals surface area contributed by atoms with Gasteiger partial charge < -0.3 is 10.7 Å². The van der Waals surface area contributed by atoms with E-state index in [0.29, 0.717) is 17.1 Å². The van der Waals surface area contributed by atoms with E-state index >= 15 is 0 Å². The number of aromatic amines is 1. The first-order valence-electron chi connectivity index (χ1n) is 5.38. The Hall–Kier alpha value is -2.11. The Morgan fingerprint density at radius 3 is 2.65 bits per heavy atom. The van der Waals surface area contributed by atoms with Crippen LogP contribution in [-0.4, -0.2) is 19.7 Å². The summed E-state index contributed by atoms with van der Waals surface area (Å²) >= 11 is 0. The van der Waals surface area contributed by atoms with Gasteiger partial charge in [0, 0.05) is 13.2 Å². The average molecular weight is 233 g/mol. The van der Waals surface area contributed by atoms with Crippen molar-refractivity contribution in [3.8, 4) is 11.5 Å². The minimum atomic E-state index is -0.201. The Morgan fingerprint density at radius 1 is 1.47 bits per heavy atom. The molecule has 0 aliphatic rings. The molecule has 0 amide bonds. The summed E-state index contributed by atoms with van der Waals surface area (Å²) in [6.07, 6.45) is 1.78. The van der Waals surface area contributed by atoms with Crippen molar-refractivity contribution in [1.82, 2.24) is 19.7 Å². The average Bonchev–Trinajstić information content (AvgIpc) is 2.63. The van der Waals surface area contributed by atoms with Crippen molar-refractivity contribution in [3.05, 3.63) is 28.2 Å². The number of nitrogens with zero attached hydrogens (tertiary/aromatic N) is 3. The van der Waals surface area contributed by atoms with Gasteiger partial charge in [0.15, 0.2) is 5.82 Å². The summed E-state index contributed by atoms with van der Waals surface area (Å²) < 4.78 is 1.64. The molecule has 3 N–H and O–H groups in total. The predicted octanol–water partition coefficient (Wildman–Crippen LogP) is 0.876. The van der Waals surface area contributed by atoms with Gasteiger partial charge in [0.1, 0.15) is 11.5 Å². The fraction of sp³-hybridized carbons (Fsp3) is 0.364. The summed E-state index contributed by atoms with van der Waals surface area (Å²) in [6, 6.07) is 1.77. The Kier molecular flexibility index (Phi) is 2.71. The van der Waals surface area contributed by atoms with Gasteiger partial charge >= 0.3 is 0 Å². The van der Waals surface area contributed by atoms with Gasteiger partial charge in [-0.2, -0.15) is 5.10 Å². The zero-order valence-corrected chi connectivity index (χ0v) is 10.1. The molecule has 0 unspecified atom stereocenters. The van der Waals surface area contributed by atoms with Crippen molar-refractivity contribution in [2.45, 2.75) is 19.8 Å². The van der Waals surface area contributed by atoms with E-state index in [1.165, 1.54) is 0 Å². The van der Waals surface area contributed by atoms with E-state index in [9.17, 15) is 4.79 Å². The summed E-state index contributed by atoms with van der Waals surface area (Å²) in [6.45, 7) is 3.81. The first kappa shape index (κ1) is 11.4. The second kappa shape index (κ2) is 4.04. The maximum absolute atomic E-state index is 11.9. The molecule has 0 bridgehead atoms. The molecule has 2 heterocycles. The third-order valence-electron chi connectivity index (χ3n) is 2.52. The number of hydrogen-bond donors (Lipinski definition) is 2. The van der Waals surface area contributed by atoms with Gasteiger partial charge in [0.2, 0.25) is 0 Å². The highest BCUT2D eigenvalue weighted by molar-refractivity contribution is 5.53. The summed E-state index contributed by atoms with van der Waals surface area (Å²) in [5.74, 6) is 0.714. The molecule has 0 aliphatic carbocycles. The van der Waals surface area contributed by atoms with Crippen LogP contribution in [0.15, 0.2) is 17.1 Å². The lowest BCUT2D eigenvalue weighted by Gasteiger charge is -2.07. The van der Waals surface area contributed by atoms with E-state index in [-0.39, 0.29) is 17.3 Å². The lowest BCUT2D eigenvalue weighted by Crippen LogP contribution is -2.19. The molecule has 0 atom stereocenters. The summed E-state index contributed by atoms with van der Waals surface area (Å²) in [5.41, 5.74) is 6.72. The number of aryl methyl sites for hydroxylation is 1. The highest BCUT2D eigenvalue weighted by atomic mass is 16.1. The molecule has 2 aromatic rings. The number of aromatic nitrogens is 4. The van der Waals surface area contributed by atoms with Crippen molar-refractivity contribution in [2.75, 3.05) is 5.73 Å². The zero-order chi connectivity index (χ0) is 12.6. The van der Waals surface area contributed by atoms with Crippen molar-refractivity contribution in [3.63, 3.8) is 0 Å².